The van der Waals surface area contributed by atoms with E-state index in [0.29, 0.717) is 11.8 Å². The van der Waals surface area contributed by atoms with Crippen molar-refractivity contribution in [2.75, 3.05) is 13.1 Å². The number of piperidine rings is 1. The molecule has 0 aliphatic carbocycles. The van der Waals surface area contributed by atoms with E-state index in [-0.39, 0.29) is 11.8 Å². The molecular formula is C15H16BrN3O2. The number of likely N-dealkylation sites (tertiary alicyclic amines) is 1. The molecule has 1 saturated heterocycles. The monoisotopic (exact) mass is 349 g/mol. The highest BCUT2D eigenvalue weighted by atomic mass is 79.9. The number of nitrogens with zero attached hydrogens (tertiary/aromatic N) is 3. The molecule has 21 heavy (non-hydrogen) atoms. The van der Waals surface area contributed by atoms with Gasteiger partial charge in [-0.3, -0.25) is 4.79 Å². The molecule has 0 unspecified atom stereocenters. The Kier molecular flexibility index (Phi) is 4.05. The van der Waals surface area contributed by atoms with Gasteiger partial charge in [0.05, 0.1) is 0 Å². The largest absolute Gasteiger partial charge is 0.425 e. The third-order valence-corrected chi connectivity index (χ3v) is 4.24. The molecule has 0 saturated carbocycles. The maximum absolute atomic E-state index is 12.5. The fourth-order valence-corrected chi connectivity index (χ4v) is 3.01. The molecular weight excluding hydrogens is 334 g/mol. The van der Waals surface area contributed by atoms with Crippen LogP contribution in [0.3, 0.4) is 0 Å². The average Bonchev–Trinajstić information content (AvgIpc) is 2.93. The van der Waals surface area contributed by atoms with E-state index in [1.807, 2.05) is 29.2 Å². The van der Waals surface area contributed by atoms with Crippen LogP contribution in [-0.2, 0) is 0 Å². The molecule has 1 amide bonds. The Balaban J connectivity index is 1.64. The minimum absolute atomic E-state index is 0.0801. The Bertz CT molecular complexity index is 648. The van der Waals surface area contributed by atoms with Gasteiger partial charge in [-0.1, -0.05) is 22.0 Å². The minimum atomic E-state index is 0.0801. The second kappa shape index (κ2) is 5.97. The number of halogens is 1. The van der Waals surface area contributed by atoms with Crippen LogP contribution in [0.2, 0.25) is 0 Å². The Morgan fingerprint density at radius 3 is 2.71 bits per heavy atom. The lowest BCUT2D eigenvalue weighted by Crippen LogP contribution is -2.38. The molecule has 1 aliphatic heterocycles. The number of hydrogen-bond acceptors (Lipinski definition) is 4. The maximum Gasteiger partial charge on any atom is 0.253 e. The molecule has 0 spiro atoms. The number of hydrogen-bond donors (Lipinski definition) is 0. The molecule has 0 N–H and O–H groups in total. The smallest absolute Gasteiger partial charge is 0.253 e. The van der Waals surface area contributed by atoms with Crippen molar-refractivity contribution < 1.29 is 9.21 Å². The lowest BCUT2D eigenvalue weighted by molar-refractivity contribution is 0.0706. The van der Waals surface area contributed by atoms with Crippen molar-refractivity contribution in [2.24, 2.45) is 0 Å². The molecule has 110 valence electrons. The van der Waals surface area contributed by atoms with Crippen LogP contribution in [0.4, 0.5) is 0 Å². The molecule has 1 aliphatic rings. The minimum Gasteiger partial charge on any atom is -0.425 e. The molecule has 2 aromatic rings. The van der Waals surface area contributed by atoms with Crippen LogP contribution in [0, 0.1) is 6.92 Å². The van der Waals surface area contributed by atoms with E-state index in [9.17, 15) is 4.79 Å². The number of amides is 1. The van der Waals surface area contributed by atoms with Gasteiger partial charge in [0.2, 0.25) is 11.8 Å². The van der Waals surface area contributed by atoms with Crippen LogP contribution in [0.1, 0.15) is 40.9 Å². The third-order valence-electron chi connectivity index (χ3n) is 3.74. The Hall–Kier alpha value is -1.69. The zero-order valence-electron chi connectivity index (χ0n) is 11.8. The SMILES string of the molecule is Cc1nnc(C2CCN(C(=O)c3cccc(Br)c3)CC2)o1. The molecule has 0 atom stereocenters. The van der Waals surface area contributed by atoms with Crippen molar-refractivity contribution >= 4 is 21.8 Å². The van der Waals surface area contributed by atoms with Gasteiger partial charge in [-0.2, -0.15) is 0 Å². The number of benzene rings is 1. The second-order valence-electron chi connectivity index (χ2n) is 5.24. The van der Waals surface area contributed by atoms with Gasteiger partial charge in [-0.05, 0) is 31.0 Å². The summed E-state index contributed by atoms with van der Waals surface area (Å²) in [5.74, 6) is 1.63. The highest BCUT2D eigenvalue weighted by Gasteiger charge is 2.27. The number of aromatic nitrogens is 2. The van der Waals surface area contributed by atoms with Gasteiger partial charge in [0.1, 0.15) is 0 Å². The first-order valence-corrected chi connectivity index (χ1v) is 7.77. The summed E-state index contributed by atoms with van der Waals surface area (Å²) in [5.41, 5.74) is 0.719. The van der Waals surface area contributed by atoms with E-state index < -0.39 is 0 Å². The second-order valence-corrected chi connectivity index (χ2v) is 6.15. The lowest BCUT2D eigenvalue weighted by atomic mass is 9.96. The van der Waals surface area contributed by atoms with Crippen molar-refractivity contribution in [2.45, 2.75) is 25.7 Å². The van der Waals surface area contributed by atoms with Crippen molar-refractivity contribution in [3.8, 4) is 0 Å². The van der Waals surface area contributed by atoms with Crippen LogP contribution in [0.5, 0.6) is 0 Å². The third kappa shape index (κ3) is 3.15. The molecule has 1 aromatic heterocycles. The van der Waals surface area contributed by atoms with Crippen LogP contribution in [0.25, 0.3) is 0 Å². The number of carbonyl (C=O) groups excluding carboxylic acids is 1. The van der Waals surface area contributed by atoms with Crippen molar-refractivity contribution in [3.63, 3.8) is 0 Å². The topological polar surface area (TPSA) is 59.2 Å². The number of carbonyl (C=O) groups is 1. The zero-order chi connectivity index (χ0) is 14.8. The van der Waals surface area contributed by atoms with E-state index in [1.54, 1.807) is 6.92 Å². The van der Waals surface area contributed by atoms with Gasteiger partial charge < -0.3 is 9.32 Å². The van der Waals surface area contributed by atoms with E-state index in [4.69, 9.17) is 4.42 Å². The summed E-state index contributed by atoms with van der Waals surface area (Å²) in [6, 6.07) is 7.50. The molecule has 6 heteroatoms. The summed E-state index contributed by atoms with van der Waals surface area (Å²) in [7, 11) is 0. The van der Waals surface area contributed by atoms with Gasteiger partial charge in [0, 0.05) is 36.0 Å². The highest BCUT2D eigenvalue weighted by molar-refractivity contribution is 9.10. The summed E-state index contributed by atoms with van der Waals surface area (Å²) in [6.45, 7) is 3.23. The van der Waals surface area contributed by atoms with Crippen LogP contribution < -0.4 is 0 Å². The molecule has 3 rings (SSSR count). The Morgan fingerprint density at radius 2 is 2.10 bits per heavy atom. The van der Waals surface area contributed by atoms with Gasteiger partial charge in [0.15, 0.2) is 0 Å². The summed E-state index contributed by atoms with van der Waals surface area (Å²) < 4.78 is 6.41. The van der Waals surface area contributed by atoms with Gasteiger partial charge in [-0.15, -0.1) is 10.2 Å². The predicted molar refractivity (Wildman–Crippen MR) is 81.1 cm³/mol. The Morgan fingerprint density at radius 1 is 1.33 bits per heavy atom. The number of rotatable bonds is 2. The Labute approximate surface area is 131 Å². The molecule has 2 heterocycles. The molecule has 1 fully saturated rings. The van der Waals surface area contributed by atoms with E-state index >= 15 is 0 Å². The first kappa shape index (κ1) is 14.3. The fraction of sp³-hybridized carbons (Fsp3) is 0.400. The van der Waals surface area contributed by atoms with Crippen LogP contribution in [-0.4, -0.2) is 34.1 Å². The standard InChI is InChI=1S/C15H16BrN3O2/c1-10-17-18-14(21-10)11-5-7-19(8-6-11)15(20)12-3-2-4-13(16)9-12/h2-4,9,11H,5-8H2,1H3. The summed E-state index contributed by atoms with van der Waals surface area (Å²) in [6.07, 6.45) is 1.72. The summed E-state index contributed by atoms with van der Waals surface area (Å²) >= 11 is 3.40. The van der Waals surface area contributed by atoms with Crippen molar-refractivity contribution in [1.29, 1.82) is 0 Å². The lowest BCUT2D eigenvalue weighted by Gasteiger charge is -2.30. The van der Waals surface area contributed by atoms with Crippen molar-refractivity contribution in [3.05, 3.63) is 46.1 Å². The maximum atomic E-state index is 12.5. The predicted octanol–water partition coefficient (Wildman–Crippen LogP) is 3.16. The molecule has 5 nitrogen and oxygen atoms in total. The molecule has 0 bridgehead atoms. The van der Waals surface area contributed by atoms with Crippen LogP contribution in [0.15, 0.2) is 33.2 Å². The van der Waals surface area contributed by atoms with Gasteiger partial charge in [-0.25, -0.2) is 0 Å². The van der Waals surface area contributed by atoms with Crippen molar-refractivity contribution in [1.82, 2.24) is 15.1 Å². The summed E-state index contributed by atoms with van der Waals surface area (Å²) in [5, 5.41) is 7.95. The normalized spacial score (nSPS) is 16.2. The average molecular weight is 350 g/mol. The number of aryl methyl sites for hydroxylation is 1. The fourth-order valence-electron chi connectivity index (χ4n) is 2.61. The highest BCUT2D eigenvalue weighted by Crippen LogP contribution is 2.27. The van der Waals surface area contributed by atoms with E-state index in [2.05, 4.69) is 26.1 Å². The van der Waals surface area contributed by atoms with E-state index in [0.717, 1.165) is 36.0 Å². The van der Waals surface area contributed by atoms with Gasteiger partial charge >= 0.3 is 0 Å². The van der Waals surface area contributed by atoms with E-state index in [1.165, 1.54) is 0 Å². The first-order chi connectivity index (χ1) is 10.1. The summed E-state index contributed by atoms with van der Waals surface area (Å²) in [4.78, 5) is 14.3. The van der Waals surface area contributed by atoms with Gasteiger partial charge in [0.25, 0.3) is 5.91 Å². The molecule has 1 aromatic carbocycles. The first-order valence-electron chi connectivity index (χ1n) is 6.98. The van der Waals surface area contributed by atoms with Crippen LogP contribution >= 0.6 is 15.9 Å². The zero-order valence-corrected chi connectivity index (χ0v) is 13.3. The quantitative estimate of drug-likeness (QED) is 0.835. The molecule has 0 radical (unpaired) electrons.